The van der Waals surface area contributed by atoms with Crippen LogP contribution in [0.3, 0.4) is 0 Å². The molecule has 0 radical (unpaired) electrons. The van der Waals surface area contributed by atoms with Crippen LogP contribution < -0.4 is 5.32 Å². The topological polar surface area (TPSA) is 76.1 Å². The number of nitrogens with zero attached hydrogens (tertiary/aromatic N) is 1. The standard InChI is InChI=1S/C19H20N2O3S/c1-19(2)10-13-17(15(23)11-19)25-18(20-13)21-16(24)9-8-14(22)12-6-4-3-5-7-12/h3-7H,8-11H2,1-2H3,(H,20,21,24). The van der Waals surface area contributed by atoms with Crippen LogP contribution in [0.5, 0.6) is 0 Å². The van der Waals surface area contributed by atoms with E-state index in [9.17, 15) is 14.4 Å². The zero-order chi connectivity index (χ0) is 18.0. The van der Waals surface area contributed by atoms with Crippen LogP contribution in [0.15, 0.2) is 30.3 Å². The fourth-order valence-electron chi connectivity index (χ4n) is 2.95. The molecule has 1 aromatic heterocycles. The van der Waals surface area contributed by atoms with Gasteiger partial charge in [-0.3, -0.25) is 14.4 Å². The molecule has 1 aliphatic carbocycles. The van der Waals surface area contributed by atoms with Gasteiger partial charge in [-0.15, -0.1) is 0 Å². The van der Waals surface area contributed by atoms with Gasteiger partial charge in [0.2, 0.25) is 5.91 Å². The number of fused-ring (bicyclic) bond motifs is 1. The van der Waals surface area contributed by atoms with Crippen LogP contribution in [0.4, 0.5) is 5.13 Å². The maximum atomic E-state index is 12.2. The summed E-state index contributed by atoms with van der Waals surface area (Å²) in [6, 6.07) is 8.92. The Bertz CT molecular complexity index is 824. The summed E-state index contributed by atoms with van der Waals surface area (Å²) in [5.41, 5.74) is 1.27. The fraction of sp³-hybridized carbons (Fsp3) is 0.368. The lowest BCUT2D eigenvalue weighted by Gasteiger charge is -2.26. The predicted octanol–water partition coefficient (Wildman–Crippen LogP) is 3.90. The van der Waals surface area contributed by atoms with Crippen LogP contribution in [-0.2, 0) is 11.2 Å². The third-order valence-electron chi connectivity index (χ3n) is 4.16. The van der Waals surface area contributed by atoms with Crippen molar-refractivity contribution in [2.24, 2.45) is 5.41 Å². The smallest absolute Gasteiger partial charge is 0.226 e. The van der Waals surface area contributed by atoms with E-state index in [1.54, 1.807) is 24.3 Å². The van der Waals surface area contributed by atoms with Gasteiger partial charge in [-0.25, -0.2) is 4.98 Å². The van der Waals surface area contributed by atoms with Crippen LogP contribution in [0.1, 0.15) is 58.8 Å². The minimum atomic E-state index is -0.262. The van der Waals surface area contributed by atoms with E-state index in [0.717, 1.165) is 12.1 Å². The molecule has 1 aromatic carbocycles. The number of rotatable bonds is 5. The number of nitrogens with one attached hydrogen (secondary N) is 1. The third kappa shape index (κ3) is 4.20. The molecule has 0 atom stereocenters. The molecule has 3 rings (SSSR count). The maximum absolute atomic E-state index is 12.2. The highest BCUT2D eigenvalue weighted by atomic mass is 32.1. The summed E-state index contributed by atoms with van der Waals surface area (Å²) in [4.78, 5) is 41.4. The summed E-state index contributed by atoms with van der Waals surface area (Å²) in [5, 5.41) is 3.16. The Labute approximate surface area is 150 Å². The second kappa shape index (κ2) is 6.88. The maximum Gasteiger partial charge on any atom is 0.226 e. The van der Waals surface area contributed by atoms with Crippen LogP contribution in [0.2, 0.25) is 0 Å². The molecule has 2 aromatic rings. The van der Waals surface area contributed by atoms with Gasteiger partial charge in [-0.2, -0.15) is 0 Å². The summed E-state index contributed by atoms with van der Waals surface area (Å²) in [6.45, 7) is 4.08. The first-order valence-electron chi connectivity index (χ1n) is 8.25. The minimum Gasteiger partial charge on any atom is -0.302 e. The molecule has 130 valence electrons. The van der Waals surface area contributed by atoms with E-state index in [1.807, 2.05) is 19.9 Å². The Balaban J connectivity index is 1.59. The summed E-state index contributed by atoms with van der Waals surface area (Å²) >= 11 is 1.23. The number of hydrogen-bond acceptors (Lipinski definition) is 5. The van der Waals surface area contributed by atoms with Crippen LogP contribution in [0, 0.1) is 5.41 Å². The molecule has 6 heteroatoms. The van der Waals surface area contributed by atoms with E-state index in [-0.39, 0.29) is 35.7 Å². The van der Waals surface area contributed by atoms with Crippen molar-refractivity contribution in [3.05, 3.63) is 46.5 Å². The second-order valence-corrected chi connectivity index (χ2v) is 8.07. The Morgan fingerprint density at radius 1 is 1.16 bits per heavy atom. The molecule has 0 spiro atoms. The first kappa shape index (κ1) is 17.5. The lowest BCUT2D eigenvalue weighted by Crippen LogP contribution is -2.26. The molecule has 1 N–H and O–H groups in total. The summed E-state index contributed by atoms with van der Waals surface area (Å²) in [6.07, 6.45) is 1.47. The number of ketones is 2. The van der Waals surface area contributed by atoms with E-state index in [0.29, 0.717) is 22.0 Å². The quantitative estimate of drug-likeness (QED) is 0.824. The zero-order valence-corrected chi connectivity index (χ0v) is 15.1. The van der Waals surface area contributed by atoms with Gasteiger partial charge in [0.05, 0.1) is 10.6 Å². The molecular formula is C19H20N2O3S. The lowest BCUT2D eigenvalue weighted by molar-refractivity contribution is -0.116. The highest BCUT2D eigenvalue weighted by Crippen LogP contribution is 2.38. The number of thiazole rings is 1. The van der Waals surface area contributed by atoms with Gasteiger partial charge in [0.25, 0.3) is 0 Å². The van der Waals surface area contributed by atoms with E-state index < -0.39 is 0 Å². The minimum absolute atomic E-state index is 0.0638. The highest BCUT2D eigenvalue weighted by molar-refractivity contribution is 7.17. The van der Waals surface area contributed by atoms with Crippen molar-refractivity contribution in [1.29, 1.82) is 0 Å². The molecule has 25 heavy (non-hydrogen) atoms. The summed E-state index contributed by atoms with van der Waals surface area (Å²) in [5.74, 6) is -0.239. The van der Waals surface area contributed by atoms with Crippen molar-refractivity contribution in [3.63, 3.8) is 0 Å². The number of benzene rings is 1. The molecule has 0 fully saturated rings. The van der Waals surface area contributed by atoms with Gasteiger partial charge in [-0.1, -0.05) is 55.5 Å². The van der Waals surface area contributed by atoms with Gasteiger partial charge >= 0.3 is 0 Å². The highest BCUT2D eigenvalue weighted by Gasteiger charge is 2.34. The molecule has 1 aliphatic rings. The SMILES string of the molecule is CC1(C)CC(=O)c2sc(NC(=O)CCC(=O)c3ccccc3)nc2C1. The van der Waals surface area contributed by atoms with Gasteiger partial charge in [0.15, 0.2) is 16.7 Å². The van der Waals surface area contributed by atoms with Gasteiger partial charge in [0, 0.05) is 24.8 Å². The number of hydrogen-bond donors (Lipinski definition) is 1. The number of carbonyl (C=O) groups is 3. The fourth-order valence-corrected chi connectivity index (χ4v) is 3.89. The summed E-state index contributed by atoms with van der Waals surface area (Å²) < 4.78 is 0. The average Bonchev–Trinajstić information content (AvgIpc) is 2.94. The van der Waals surface area contributed by atoms with Gasteiger partial charge < -0.3 is 5.32 Å². The van der Waals surface area contributed by atoms with Crippen molar-refractivity contribution < 1.29 is 14.4 Å². The third-order valence-corrected chi connectivity index (χ3v) is 5.21. The number of amides is 1. The molecule has 1 amide bonds. The van der Waals surface area contributed by atoms with E-state index in [4.69, 9.17) is 0 Å². The van der Waals surface area contributed by atoms with Crippen molar-refractivity contribution in [2.45, 2.75) is 39.5 Å². The van der Waals surface area contributed by atoms with Crippen molar-refractivity contribution >= 4 is 33.9 Å². The summed E-state index contributed by atoms with van der Waals surface area (Å²) in [7, 11) is 0. The first-order chi connectivity index (χ1) is 11.8. The first-order valence-corrected chi connectivity index (χ1v) is 9.07. The largest absolute Gasteiger partial charge is 0.302 e. The number of aromatic nitrogens is 1. The van der Waals surface area contributed by atoms with Crippen LogP contribution in [-0.4, -0.2) is 22.5 Å². The number of carbonyl (C=O) groups excluding carboxylic acids is 3. The molecule has 0 bridgehead atoms. The average molecular weight is 356 g/mol. The van der Waals surface area contributed by atoms with Crippen LogP contribution in [0.25, 0.3) is 0 Å². The molecule has 0 saturated carbocycles. The van der Waals surface area contributed by atoms with E-state index in [2.05, 4.69) is 10.3 Å². The molecule has 0 unspecified atom stereocenters. The molecule has 0 aliphatic heterocycles. The Hall–Kier alpha value is -2.34. The normalized spacial score (nSPS) is 15.5. The zero-order valence-electron chi connectivity index (χ0n) is 14.3. The molecule has 0 saturated heterocycles. The number of anilines is 1. The molecule has 1 heterocycles. The Morgan fingerprint density at radius 2 is 1.88 bits per heavy atom. The van der Waals surface area contributed by atoms with Crippen molar-refractivity contribution in [1.82, 2.24) is 4.98 Å². The van der Waals surface area contributed by atoms with Gasteiger partial charge in [0.1, 0.15) is 0 Å². The Morgan fingerprint density at radius 3 is 2.60 bits per heavy atom. The van der Waals surface area contributed by atoms with Crippen molar-refractivity contribution in [2.75, 3.05) is 5.32 Å². The molecular weight excluding hydrogens is 336 g/mol. The van der Waals surface area contributed by atoms with E-state index >= 15 is 0 Å². The van der Waals surface area contributed by atoms with Gasteiger partial charge in [-0.05, 0) is 11.8 Å². The molecule has 5 nitrogen and oxygen atoms in total. The predicted molar refractivity (Wildman–Crippen MR) is 97.2 cm³/mol. The van der Waals surface area contributed by atoms with E-state index in [1.165, 1.54) is 11.3 Å². The Kier molecular flexibility index (Phi) is 4.81. The van der Waals surface area contributed by atoms with Crippen LogP contribution >= 0.6 is 11.3 Å². The monoisotopic (exact) mass is 356 g/mol. The number of Topliss-reactive ketones (excluding diaryl/α,β-unsaturated/α-hetero) is 2. The second-order valence-electron chi connectivity index (χ2n) is 7.07. The van der Waals surface area contributed by atoms with Crippen molar-refractivity contribution in [3.8, 4) is 0 Å². The lowest BCUT2D eigenvalue weighted by atomic mass is 9.78.